The van der Waals surface area contributed by atoms with Gasteiger partial charge in [-0.15, -0.1) is 0 Å². The fourth-order valence-electron chi connectivity index (χ4n) is 3.95. The van der Waals surface area contributed by atoms with Gasteiger partial charge in [0.15, 0.2) is 0 Å². The second kappa shape index (κ2) is 7.24. The van der Waals surface area contributed by atoms with E-state index in [0.29, 0.717) is 0 Å². The monoisotopic (exact) mass is 474 g/mol. The summed E-state index contributed by atoms with van der Waals surface area (Å²) in [7, 11) is 3.44. The van der Waals surface area contributed by atoms with E-state index in [1.54, 1.807) is 14.2 Å². The van der Waals surface area contributed by atoms with Crippen molar-refractivity contribution < 1.29 is 9.47 Å². The Bertz CT molecular complexity index is 864. The van der Waals surface area contributed by atoms with Crippen molar-refractivity contribution in [3.63, 3.8) is 0 Å². The average molecular weight is 476 g/mol. The maximum Gasteiger partial charge on any atom is 0.133 e. The SMILES string of the molecule is COc1ccc2c(c1Br)C(C1=CCCc3ccc(OC)c(Br)c31)=CCC2. The lowest BCUT2D eigenvalue weighted by Gasteiger charge is -2.27. The Morgan fingerprint density at radius 1 is 0.692 bits per heavy atom. The highest BCUT2D eigenvalue weighted by Crippen LogP contribution is 2.48. The topological polar surface area (TPSA) is 18.5 Å². The first-order valence-corrected chi connectivity index (χ1v) is 10.4. The van der Waals surface area contributed by atoms with E-state index in [2.05, 4.69) is 56.1 Å². The van der Waals surface area contributed by atoms with Gasteiger partial charge in [0.1, 0.15) is 11.5 Å². The van der Waals surface area contributed by atoms with Crippen LogP contribution in [-0.2, 0) is 12.8 Å². The third kappa shape index (κ3) is 2.84. The molecule has 2 aliphatic rings. The number of allylic oxidation sites excluding steroid dienone is 4. The van der Waals surface area contributed by atoms with Crippen LogP contribution in [0.3, 0.4) is 0 Å². The molecule has 0 saturated heterocycles. The Balaban J connectivity index is 1.92. The molecule has 2 nitrogen and oxygen atoms in total. The van der Waals surface area contributed by atoms with E-state index < -0.39 is 0 Å². The summed E-state index contributed by atoms with van der Waals surface area (Å²) >= 11 is 7.58. The van der Waals surface area contributed by atoms with Gasteiger partial charge in [-0.25, -0.2) is 0 Å². The molecule has 0 N–H and O–H groups in total. The molecule has 0 saturated carbocycles. The van der Waals surface area contributed by atoms with E-state index in [-0.39, 0.29) is 0 Å². The van der Waals surface area contributed by atoms with Gasteiger partial charge in [-0.2, -0.15) is 0 Å². The fourth-order valence-corrected chi connectivity index (χ4v) is 5.47. The van der Waals surface area contributed by atoms with E-state index in [9.17, 15) is 0 Å². The Morgan fingerprint density at radius 2 is 1.12 bits per heavy atom. The number of ether oxygens (including phenoxy) is 2. The van der Waals surface area contributed by atoms with Gasteiger partial charge in [0.25, 0.3) is 0 Å². The smallest absolute Gasteiger partial charge is 0.133 e. The fraction of sp³-hybridized carbons (Fsp3) is 0.273. The van der Waals surface area contributed by atoms with Crippen LogP contribution >= 0.6 is 31.9 Å². The third-order valence-electron chi connectivity index (χ3n) is 5.18. The van der Waals surface area contributed by atoms with E-state index in [4.69, 9.17) is 9.47 Å². The summed E-state index contributed by atoms with van der Waals surface area (Å²) in [6.45, 7) is 0. The first-order valence-electron chi connectivity index (χ1n) is 8.78. The minimum atomic E-state index is 0.873. The van der Waals surface area contributed by atoms with Crippen molar-refractivity contribution in [3.05, 3.63) is 67.6 Å². The molecule has 0 fully saturated rings. The highest BCUT2D eigenvalue weighted by atomic mass is 79.9. The van der Waals surface area contributed by atoms with Gasteiger partial charge in [-0.1, -0.05) is 24.3 Å². The van der Waals surface area contributed by atoms with Crippen LogP contribution in [0.25, 0.3) is 11.1 Å². The normalized spacial score (nSPS) is 15.5. The zero-order valence-corrected chi connectivity index (χ0v) is 18.0. The van der Waals surface area contributed by atoms with Crippen molar-refractivity contribution in [1.29, 1.82) is 0 Å². The van der Waals surface area contributed by atoms with E-state index in [1.807, 2.05) is 12.1 Å². The first-order chi connectivity index (χ1) is 12.7. The summed E-state index contributed by atoms with van der Waals surface area (Å²) in [6, 6.07) is 8.48. The summed E-state index contributed by atoms with van der Waals surface area (Å²) in [6.07, 6.45) is 8.94. The molecule has 0 aliphatic heterocycles. The number of halogens is 2. The highest BCUT2D eigenvalue weighted by Gasteiger charge is 2.26. The van der Waals surface area contributed by atoms with Gasteiger partial charge in [0, 0.05) is 11.1 Å². The number of methoxy groups -OCH3 is 2. The van der Waals surface area contributed by atoms with Crippen LogP contribution in [0.15, 0.2) is 45.4 Å². The van der Waals surface area contributed by atoms with Crippen molar-refractivity contribution in [3.8, 4) is 11.5 Å². The van der Waals surface area contributed by atoms with Crippen LogP contribution in [0, 0.1) is 0 Å². The number of fused-ring (bicyclic) bond motifs is 2. The second-order valence-electron chi connectivity index (χ2n) is 6.54. The molecule has 0 spiro atoms. The van der Waals surface area contributed by atoms with Crippen LogP contribution in [0.4, 0.5) is 0 Å². The Hall–Kier alpha value is -1.52. The van der Waals surface area contributed by atoms with E-state index >= 15 is 0 Å². The summed E-state index contributed by atoms with van der Waals surface area (Å²) in [4.78, 5) is 0. The molecule has 26 heavy (non-hydrogen) atoms. The molecule has 0 unspecified atom stereocenters. The number of hydrogen-bond donors (Lipinski definition) is 0. The number of aryl methyl sites for hydroxylation is 2. The number of hydrogen-bond acceptors (Lipinski definition) is 2. The van der Waals surface area contributed by atoms with Crippen LogP contribution in [0.5, 0.6) is 11.5 Å². The Kier molecular flexibility index (Phi) is 4.98. The van der Waals surface area contributed by atoms with Crippen LogP contribution in [0.1, 0.15) is 35.1 Å². The summed E-state index contributed by atoms with van der Waals surface area (Å²) in [5, 5.41) is 0. The molecule has 0 amide bonds. The zero-order chi connectivity index (χ0) is 18.3. The molecule has 2 aliphatic carbocycles. The van der Waals surface area contributed by atoms with Gasteiger partial charge in [0.2, 0.25) is 0 Å². The molecule has 0 aromatic heterocycles. The molecule has 0 heterocycles. The minimum absolute atomic E-state index is 0.873. The van der Waals surface area contributed by atoms with Crippen molar-refractivity contribution in [2.24, 2.45) is 0 Å². The Morgan fingerprint density at radius 3 is 1.50 bits per heavy atom. The van der Waals surface area contributed by atoms with Crippen molar-refractivity contribution in [2.75, 3.05) is 14.2 Å². The number of rotatable bonds is 3. The molecule has 4 heteroatoms. The Labute approximate surface area is 171 Å². The van der Waals surface area contributed by atoms with Gasteiger partial charge < -0.3 is 9.47 Å². The lowest BCUT2D eigenvalue weighted by molar-refractivity contribution is 0.411. The maximum absolute atomic E-state index is 5.55. The average Bonchev–Trinajstić information content (AvgIpc) is 2.68. The maximum atomic E-state index is 5.55. The molecule has 4 rings (SSSR count). The highest BCUT2D eigenvalue weighted by molar-refractivity contribution is 9.11. The molecule has 0 radical (unpaired) electrons. The molecular weight excluding hydrogens is 456 g/mol. The lowest BCUT2D eigenvalue weighted by Crippen LogP contribution is -2.08. The van der Waals surface area contributed by atoms with Crippen molar-refractivity contribution in [2.45, 2.75) is 25.7 Å². The van der Waals surface area contributed by atoms with Gasteiger partial charge in [-0.3, -0.25) is 0 Å². The third-order valence-corrected chi connectivity index (χ3v) is 6.75. The van der Waals surface area contributed by atoms with Crippen LogP contribution in [0.2, 0.25) is 0 Å². The van der Waals surface area contributed by atoms with Gasteiger partial charge in [0.05, 0.1) is 23.2 Å². The standard InChI is InChI=1S/C22H20Br2O2/c1-25-17-11-9-13-5-3-7-15(19(13)21(17)23)16-8-4-6-14-10-12-18(26-2)22(24)20(14)16/h7-12H,3-6H2,1-2H3. The van der Waals surface area contributed by atoms with Crippen molar-refractivity contribution >= 4 is 43.0 Å². The predicted octanol–water partition coefficient (Wildman–Crippen LogP) is 6.59. The van der Waals surface area contributed by atoms with Crippen LogP contribution < -0.4 is 9.47 Å². The van der Waals surface area contributed by atoms with E-state index in [0.717, 1.165) is 46.1 Å². The van der Waals surface area contributed by atoms with Crippen LogP contribution in [-0.4, -0.2) is 14.2 Å². The molecule has 0 atom stereocenters. The quantitative estimate of drug-likeness (QED) is 0.498. The zero-order valence-electron chi connectivity index (χ0n) is 14.9. The van der Waals surface area contributed by atoms with Crippen molar-refractivity contribution in [1.82, 2.24) is 0 Å². The molecule has 0 bridgehead atoms. The summed E-state index contributed by atoms with van der Waals surface area (Å²) < 4.78 is 13.2. The minimum Gasteiger partial charge on any atom is -0.496 e. The second-order valence-corrected chi connectivity index (χ2v) is 8.13. The van der Waals surface area contributed by atoms with Gasteiger partial charge >= 0.3 is 0 Å². The number of benzene rings is 2. The molecule has 2 aromatic rings. The largest absolute Gasteiger partial charge is 0.496 e. The summed E-state index contributed by atoms with van der Waals surface area (Å²) in [5.74, 6) is 1.75. The predicted molar refractivity (Wildman–Crippen MR) is 114 cm³/mol. The van der Waals surface area contributed by atoms with E-state index in [1.165, 1.54) is 33.4 Å². The summed E-state index contributed by atoms with van der Waals surface area (Å²) in [5.41, 5.74) is 7.80. The lowest BCUT2D eigenvalue weighted by atomic mass is 9.80. The van der Waals surface area contributed by atoms with Gasteiger partial charge in [-0.05, 0) is 91.9 Å². The molecule has 134 valence electrons. The molecular formula is C22H20Br2O2. The molecule has 2 aromatic carbocycles. The first kappa shape index (κ1) is 17.9.